The van der Waals surface area contributed by atoms with E-state index in [9.17, 15) is 15.0 Å². The van der Waals surface area contributed by atoms with E-state index in [-0.39, 0.29) is 23.8 Å². The average molecular weight is 807 g/mol. The normalized spacial score (nSPS) is 27.6. The Bertz CT molecular complexity index is 2290. The lowest BCUT2D eigenvalue weighted by Gasteiger charge is -2.39. The number of hydrogen-bond donors (Lipinski definition) is 4. The molecule has 7 aliphatic rings. The van der Waals surface area contributed by atoms with E-state index in [1.165, 1.54) is 0 Å². The molecule has 8 atom stereocenters. The van der Waals surface area contributed by atoms with Crippen LogP contribution < -0.4 is 20.5 Å². The second-order valence-corrected chi connectivity index (χ2v) is 18.0. The number of fused-ring (bicyclic) bond motifs is 8. The molecule has 0 radical (unpaired) electrons. The molecule has 2 aromatic rings. The predicted octanol–water partition coefficient (Wildman–Crippen LogP) is 7.95. The third-order valence-electron chi connectivity index (χ3n) is 14.1. The quantitative estimate of drug-likeness (QED) is 0.108. The maximum atomic E-state index is 14.0. The average Bonchev–Trinajstić information content (AvgIpc) is 4.00. The molecule has 0 amide bonds. The second kappa shape index (κ2) is 17.1. The van der Waals surface area contributed by atoms with Crippen LogP contribution in [0.25, 0.3) is 6.08 Å². The molecule has 1 fully saturated rings. The number of aryl methyl sites for hydroxylation is 1. The van der Waals surface area contributed by atoms with Gasteiger partial charge in [-0.1, -0.05) is 94.1 Å². The zero-order valence-electron chi connectivity index (χ0n) is 35.0. The molecular formula is C51H58N4O5. The lowest BCUT2D eigenvalue weighted by molar-refractivity contribution is -0.127. The number of hydrogen-bond acceptors (Lipinski definition) is 9. The third kappa shape index (κ3) is 7.84. The van der Waals surface area contributed by atoms with Crippen LogP contribution in [-0.4, -0.2) is 45.5 Å². The Morgan fingerprint density at radius 2 is 1.95 bits per heavy atom. The SMILES string of the molecule is CCCCC[C@H](C(=O)CCc1ccc2c(c1)O[C@H]1[C@H](C#C[C@H](O)c3ccc4c(c3CC3=CN=C5CN1C=C35)C=CN[C@@H]4N)C1(C#CO2)CCCC1)[C@H](O)[C@H]1C=C[C@H](C)CC1. The molecule has 1 spiro atoms. The fourth-order valence-electron chi connectivity index (χ4n) is 10.5. The molecule has 9 rings (SSSR count). The van der Waals surface area contributed by atoms with Crippen molar-refractivity contribution in [3.63, 3.8) is 0 Å². The summed E-state index contributed by atoms with van der Waals surface area (Å²) in [4.78, 5) is 21.2. The van der Waals surface area contributed by atoms with Crippen molar-refractivity contribution in [3.05, 3.63) is 100 Å². The summed E-state index contributed by atoms with van der Waals surface area (Å²) in [5.41, 5.74) is 13.7. The molecule has 0 unspecified atom stereocenters. The predicted molar refractivity (Wildman–Crippen MR) is 234 cm³/mol. The van der Waals surface area contributed by atoms with Crippen molar-refractivity contribution in [1.82, 2.24) is 10.2 Å². The molecular weight excluding hydrogens is 749 g/mol. The number of aliphatic hydroxyl groups excluding tert-OH is 2. The van der Waals surface area contributed by atoms with Crippen LogP contribution >= 0.6 is 0 Å². The lowest BCUT2D eigenvalue weighted by Crippen LogP contribution is -2.47. The molecule has 2 bridgehead atoms. The number of nitrogens with one attached hydrogen (secondary N) is 1. The summed E-state index contributed by atoms with van der Waals surface area (Å²) >= 11 is 0. The zero-order valence-corrected chi connectivity index (χ0v) is 35.0. The summed E-state index contributed by atoms with van der Waals surface area (Å²) in [6.07, 6.45) is 23.6. The number of unbranched alkanes of at least 4 members (excludes halogenated alkanes) is 2. The summed E-state index contributed by atoms with van der Waals surface area (Å²) in [5, 5.41) is 26.8. The Hall–Kier alpha value is -5.06. The summed E-state index contributed by atoms with van der Waals surface area (Å²) in [7, 11) is 0. The number of carbonyl (C=O) groups excluding carboxylic acids is 1. The molecule has 0 saturated heterocycles. The Morgan fingerprint density at radius 1 is 1.10 bits per heavy atom. The Balaban J connectivity index is 1.05. The molecule has 60 heavy (non-hydrogen) atoms. The van der Waals surface area contributed by atoms with Crippen LogP contribution in [0.2, 0.25) is 0 Å². The van der Waals surface area contributed by atoms with E-state index >= 15 is 0 Å². The Labute approximate surface area is 354 Å². The molecule has 9 heteroatoms. The minimum atomic E-state index is -1.05. The smallest absolute Gasteiger partial charge is 0.187 e. The van der Waals surface area contributed by atoms with Crippen LogP contribution in [0.5, 0.6) is 11.5 Å². The highest BCUT2D eigenvalue weighted by molar-refractivity contribution is 6.09. The van der Waals surface area contributed by atoms with E-state index < -0.39 is 29.8 Å². The van der Waals surface area contributed by atoms with Crippen molar-refractivity contribution in [2.45, 2.75) is 122 Å². The van der Waals surface area contributed by atoms with Gasteiger partial charge in [-0.25, -0.2) is 0 Å². The molecule has 0 aromatic heterocycles. The van der Waals surface area contributed by atoms with E-state index in [0.717, 1.165) is 102 Å². The monoisotopic (exact) mass is 806 g/mol. The number of benzene rings is 2. The van der Waals surface area contributed by atoms with Gasteiger partial charge < -0.3 is 35.6 Å². The van der Waals surface area contributed by atoms with Crippen LogP contribution in [0, 0.1) is 53.0 Å². The molecule has 5 heterocycles. The van der Waals surface area contributed by atoms with Gasteiger partial charge in [-0.15, -0.1) is 0 Å². The summed E-state index contributed by atoms with van der Waals surface area (Å²) in [6.45, 7) is 4.91. The number of nitrogens with two attached hydrogens (primary N) is 1. The minimum absolute atomic E-state index is 0.0151. The third-order valence-corrected chi connectivity index (χ3v) is 14.1. The maximum absolute atomic E-state index is 14.0. The first-order valence-corrected chi connectivity index (χ1v) is 22.4. The fraction of sp³-hybridized carbons (Fsp3) is 0.490. The topological polar surface area (TPSA) is 130 Å². The van der Waals surface area contributed by atoms with Gasteiger partial charge in [0.15, 0.2) is 17.7 Å². The first-order chi connectivity index (χ1) is 29.2. The summed E-state index contributed by atoms with van der Waals surface area (Å²) in [5.74, 6) is 11.4. The van der Waals surface area contributed by atoms with Crippen molar-refractivity contribution in [1.29, 1.82) is 0 Å². The largest absolute Gasteiger partial charge is 0.465 e. The minimum Gasteiger partial charge on any atom is -0.465 e. The molecule has 1 saturated carbocycles. The first-order valence-electron chi connectivity index (χ1n) is 22.4. The van der Waals surface area contributed by atoms with E-state index in [4.69, 9.17) is 20.2 Å². The highest BCUT2D eigenvalue weighted by Crippen LogP contribution is 2.49. The van der Waals surface area contributed by atoms with Crippen molar-refractivity contribution in [2.24, 2.45) is 39.8 Å². The fourth-order valence-corrected chi connectivity index (χ4v) is 10.5. The number of ether oxygens (including phenoxy) is 2. The van der Waals surface area contributed by atoms with Crippen LogP contribution in [0.1, 0.15) is 125 Å². The maximum Gasteiger partial charge on any atom is 0.187 e. The number of nitrogens with zero attached hydrogens (tertiary/aromatic N) is 2. The second-order valence-electron chi connectivity index (χ2n) is 18.0. The Kier molecular flexibility index (Phi) is 11.5. The number of rotatable bonds is 10. The van der Waals surface area contributed by atoms with Gasteiger partial charge in [-0.05, 0) is 102 Å². The van der Waals surface area contributed by atoms with Gasteiger partial charge in [0.25, 0.3) is 0 Å². The van der Waals surface area contributed by atoms with Crippen molar-refractivity contribution in [3.8, 4) is 35.4 Å². The molecule has 2 aromatic carbocycles. The lowest BCUT2D eigenvalue weighted by atomic mass is 9.73. The van der Waals surface area contributed by atoms with Crippen molar-refractivity contribution >= 4 is 17.6 Å². The summed E-state index contributed by atoms with van der Waals surface area (Å²) < 4.78 is 13.4. The number of aliphatic hydroxyl groups is 2. The van der Waals surface area contributed by atoms with Gasteiger partial charge in [0, 0.05) is 42.7 Å². The van der Waals surface area contributed by atoms with E-state index in [1.54, 1.807) is 0 Å². The number of allylic oxidation sites excluding steroid dienone is 2. The molecule has 9 nitrogen and oxygen atoms in total. The van der Waals surface area contributed by atoms with Gasteiger partial charge >= 0.3 is 0 Å². The van der Waals surface area contributed by atoms with Gasteiger partial charge in [-0.3, -0.25) is 9.79 Å². The van der Waals surface area contributed by atoms with E-state index in [0.29, 0.717) is 49.6 Å². The van der Waals surface area contributed by atoms with Gasteiger partial charge in [0.2, 0.25) is 0 Å². The van der Waals surface area contributed by atoms with E-state index in [1.807, 2.05) is 48.8 Å². The zero-order chi connectivity index (χ0) is 41.4. The molecule has 312 valence electrons. The molecule has 2 aliphatic carbocycles. The van der Waals surface area contributed by atoms with Crippen molar-refractivity contribution in [2.75, 3.05) is 6.54 Å². The number of aliphatic imine (C=N–C) groups is 1. The standard InChI is InChI=1S/C51H58N4O5/c1-3-4-5-8-39(48(58)34-13-9-32(2)10-14-34)45(57)18-11-33-12-20-46-47(27-33)60-50-42(51(24-26-59-46)22-6-7-23-51)17-19-44(56)37-15-16-38-36(21-25-53-49(38)52)40(37)28-35-29-54-43-31-55(50)30-41(35)43/h9,12-13,15-16,20-21,25,27,29-30,32,34,39,42,44,48-50,53,56,58H,3-8,10-11,14,18,22-23,28,31,52H2,1-2H3/t32-,34-,39+,42-,44-,48+,49-,50-/m0/s1. The van der Waals surface area contributed by atoms with Gasteiger partial charge in [-0.2, -0.15) is 0 Å². The first kappa shape index (κ1) is 40.4. The van der Waals surface area contributed by atoms with Crippen LogP contribution in [0.15, 0.2) is 77.2 Å². The van der Waals surface area contributed by atoms with Gasteiger partial charge in [0.1, 0.15) is 24.2 Å². The Morgan fingerprint density at radius 3 is 2.77 bits per heavy atom. The van der Waals surface area contributed by atoms with Crippen LogP contribution in [0.4, 0.5) is 0 Å². The van der Waals surface area contributed by atoms with Crippen LogP contribution in [0.3, 0.4) is 0 Å². The van der Waals surface area contributed by atoms with Crippen LogP contribution in [-0.2, 0) is 17.6 Å². The molecule has 5 aliphatic heterocycles. The highest BCUT2D eigenvalue weighted by Gasteiger charge is 2.49. The summed E-state index contributed by atoms with van der Waals surface area (Å²) in [6, 6.07) is 9.83. The van der Waals surface area contributed by atoms with E-state index in [2.05, 4.69) is 66.3 Å². The molecule has 5 N–H and O–H groups in total. The highest BCUT2D eigenvalue weighted by atomic mass is 16.5. The van der Waals surface area contributed by atoms with Gasteiger partial charge in [0.05, 0.1) is 29.7 Å². The number of Topliss-reactive ketones (excluding diaryl/α,β-unsaturated/α-hetero) is 1. The number of carbonyl (C=O) groups is 1. The number of ketones is 1. The van der Waals surface area contributed by atoms with Crippen molar-refractivity contribution < 1.29 is 24.5 Å².